The van der Waals surface area contributed by atoms with E-state index in [0.717, 1.165) is 25.8 Å². The molecule has 5 heteroatoms. The van der Waals surface area contributed by atoms with Gasteiger partial charge in [-0.1, -0.05) is 55.7 Å². The maximum atomic E-state index is 12.1. The molecule has 0 amide bonds. The fourth-order valence-electron chi connectivity index (χ4n) is 2.87. The Balaban J connectivity index is 0.00000364. The van der Waals surface area contributed by atoms with Gasteiger partial charge in [-0.2, -0.15) is 0 Å². The topological polar surface area (TPSA) is 50.4 Å². The molecule has 0 saturated carbocycles. The minimum Gasteiger partial charge on any atom is -1.00 e. The highest BCUT2D eigenvalue weighted by Crippen LogP contribution is 2.22. The minimum atomic E-state index is -1.59. The summed E-state index contributed by atoms with van der Waals surface area (Å²) < 4.78 is 7.46. The molecule has 0 bridgehead atoms. The molecule has 2 aromatic rings. The van der Waals surface area contributed by atoms with E-state index in [1.165, 1.54) is 26.2 Å². The molecule has 0 saturated heterocycles. The van der Waals surface area contributed by atoms with Crippen molar-refractivity contribution in [1.82, 2.24) is 0 Å². The number of hydrogen-bond donors (Lipinski definition) is 1. The number of aromatic nitrogens is 1. The molecule has 0 spiro atoms. The molecule has 1 N–H and O–H groups in total. The van der Waals surface area contributed by atoms with Crippen LogP contribution in [-0.2, 0) is 21.7 Å². The summed E-state index contributed by atoms with van der Waals surface area (Å²) >= 11 is 0. The average Bonchev–Trinajstić information content (AvgIpc) is 2.68. The van der Waals surface area contributed by atoms with E-state index in [9.17, 15) is 9.90 Å². The van der Waals surface area contributed by atoms with Gasteiger partial charge in [0.15, 0.2) is 18.0 Å². The van der Waals surface area contributed by atoms with Gasteiger partial charge in [0.25, 0.3) is 0 Å². The normalized spacial score (nSPS) is 12.7. The number of ether oxygens (including phenoxy) is 1. The van der Waals surface area contributed by atoms with Gasteiger partial charge < -0.3 is 33.8 Å². The van der Waals surface area contributed by atoms with Crippen LogP contribution in [0.2, 0.25) is 0 Å². The van der Waals surface area contributed by atoms with Crippen LogP contribution in [0.15, 0.2) is 60.9 Å². The van der Waals surface area contributed by atoms with E-state index >= 15 is 0 Å². The lowest BCUT2D eigenvalue weighted by Gasteiger charge is -2.21. The van der Waals surface area contributed by atoms with Crippen LogP contribution in [0.5, 0.6) is 0 Å². The predicted molar refractivity (Wildman–Crippen MR) is 101 cm³/mol. The fraction of sp³-hybridized carbons (Fsp3) is 0.455. The van der Waals surface area contributed by atoms with Crippen molar-refractivity contribution in [3.05, 3.63) is 66.5 Å². The van der Waals surface area contributed by atoms with Gasteiger partial charge in [0.1, 0.15) is 6.54 Å². The summed E-state index contributed by atoms with van der Waals surface area (Å²) in [4.78, 5) is 12.1. The summed E-state index contributed by atoms with van der Waals surface area (Å²) in [6, 6.07) is 15.0. The van der Waals surface area contributed by atoms with Crippen molar-refractivity contribution >= 4 is 5.97 Å². The Kier molecular flexibility index (Phi) is 11.2. The molecule has 0 aliphatic carbocycles. The number of aliphatic hydroxyl groups is 1. The summed E-state index contributed by atoms with van der Waals surface area (Å²) in [6.45, 7) is 2.91. The van der Waals surface area contributed by atoms with Crippen molar-refractivity contribution in [2.75, 3.05) is 6.61 Å². The molecule has 0 radical (unpaired) electrons. The monoisotopic (exact) mass is 483 g/mol. The second-order valence-electron chi connectivity index (χ2n) is 6.81. The molecule has 0 unspecified atom stereocenters. The molecule has 1 heterocycles. The number of unbranched alkanes of at least 4 members (excludes halogenated alkanes) is 5. The molecule has 0 aliphatic heterocycles. The van der Waals surface area contributed by atoms with Gasteiger partial charge in [0.2, 0.25) is 0 Å². The van der Waals surface area contributed by atoms with Gasteiger partial charge in [0, 0.05) is 18.6 Å². The molecular weight excluding hydrogens is 453 g/mol. The largest absolute Gasteiger partial charge is 1.00 e. The number of nitrogens with zero attached hydrogens (tertiary/aromatic N) is 1. The predicted octanol–water partition coefficient (Wildman–Crippen LogP) is 0.770. The van der Waals surface area contributed by atoms with Crippen molar-refractivity contribution in [3.63, 3.8) is 0 Å². The summed E-state index contributed by atoms with van der Waals surface area (Å²) in [5, 5.41) is 10.4. The quantitative estimate of drug-likeness (QED) is 0.223. The molecule has 1 atom stereocenters. The number of carbonyl (C=O) groups is 1. The van der Waals surface area contributed by atoms with Gasteiger partial charge >= 0.3 is 5.97 Å². The van der Waals surface area contributed by atoms with Gasteiger partial charge in [-0.15, -0.1) is 0 Å². The summed E-state index contributed by atoms with van der Waals surface area (Å²) in [7, 11) is 0. The first-order valence-corrected chi connectivity index (χ1v) is 9.50. The number of aryl methyl sites for hydroxylation is 1. The summed E-state index contributed by atoms with van der Waals surface area (Å²) in [6.07, 6.45) is 10.8. The lowest BCUT2D eigenvalue weighted by Crippen LogP contribution is -3.00. The van der Waals surface area contributed by atoms with Crippen LogP contribution in [-0.4, -0.2) is 17.7 Å². The number of rotatable bonds is 11. The van der Waals surface area contributed by atoms with Crippen LogP contribution < -0.4 is 28.5 Å². The maximum absolute atomic E-state index is 12.1. The second kappa shape index (κ2) is 12.8. The lowest BCUT2D eigenvalue weighted by molar-refractivity contribution is -0.697. The molecule has 4 nitrogen and oxygen atoms in total. The van der Waals surface area contributed by atoms with E-state index in [1.54, 1.807) is 24.3 Å². The lowest BCUT2D eigenvalue weighted by atomic mass is 9.96. The van der Waals surface area contributed by atoms with Crippen LogP contribution in [0.3, 0.4) is 0 Å². The van der Waals surface area contributed by atoms with Gasteiger partial charge in [-0.3, -0.25) is 0 Å². The van der Waals surface area contributed by atoms with Crippen molar-refractivity contribution in [2.45, 2.75) is 57.6 Å². The highest BCUT2D eigenvalue weighted by molar-refractivity contribution is 5.80. The molecular formula is C22H30INO3. The van der Waals surface area contributed by atoms with E-state index in [0.29, 0.717) is 12.2 Å². The molecule has 0 aliphatic rings. The highest BCUT2D eigenvalue weighted by atomic mass is 127. The molecule has 0 fully saturated rings. The zero-order chi connectivity index (χ0) is 18.7. The Morgan fingerprint density at radius 1 is 0.926 bits per heavy atom. The third-order valence-corrected chi connectivity index (χ3v) is 4.55. The second-order valence-corrected chi connectivity index (χ2v) is 6.81. The van der Waals surface area contributed by atoms with E-state index in [1.807, 2.05) is 12.1 Å². The van der Waals surface area contributed by atoms with Gasteiger partial charge in [-0.25, -0.2) is 9.36 Å². The standard InChI is InChI=1S/C22H30NO3.HI/c1-22(25,20-14-8-6-9-15-20)21(24)26-19-13-5-3-2-4-10-16-23-17-11-7-12-18-23;/h6-9,11-12,14-15,17-18,25H,2-5,10,13,16,19H2,1H3;1H/q+1;/p-1/t22-;/m1./s1. The molecule has 27 heavy (non-hydrogen) atoms. The summed E-state index contributed by atoms with van der Waals surface area (Å²) in [5.41, 5.74) is -1.03. The SMILES string of the molecule is C[C@](O)(C(=O)OCCCCCCCC[n+]1ccccc1)c1ccccc1.[I-]. The Morgan fingerprint density at radius 2 is 1.48 bits per heavy atom. The number of carbonyl (C=O) groups excluding carboxylic acids is 1. The minimum absolute atomic E-state index is 0. The Labute approximate surface area is 179 Å². The van der Waals surface area contributed by atoms with Crippen LogP contribution in [0, 0.1) is 0 Å². The number of pyridine rings is 1. The van der Waals surface area contributed by atoms with Crippen molar-refractivity contribution in [3.8, 4) is 0 Å². The first kappa shape index (κ1) is 23.6. The third-order valence-electron chi connectivity index (χ3n) is 4.55. The zero-order valence-electron chi connectivity index (χ0n) is 16.0. The van der Waals surface area contributed by atoms with Crippen LogP contribution in [0.4, 0.5) is 0 Å². The highest BCUT2D eigenvalue weighted by Gasteiger charge is 2.33. The van der Waals surface area contributed by atoms with Gasteiger partial charge in [0.05, 0.1) is 6.61 Å². The van der Waals surface area contributed by atoms with Crippen LogP contribution >= 0.6 is 0 Å². The Hall–Kier alpha value is -1.47. The van der Waals surface area contributed by atoms with Crippen molar-refractivity contribution in [1.29, 1.82) is 0 Å². The molecule has 2 rings (SSSR count). The molecule has 1 aromatic heterocycles. The first-order valence-electron chi connectivity index (χ1n) is 9.50. The number of halogens is 1. The molecule has 148 valence electrons. The van der Waals surface area contributed by atoms with E-state index in [2.05, 4.69) is 29.1 Å². The van der Waals surface area contributed by atoms with Crippen molar-refractivity contribution in [2.24, 2.45) is 0 Å². The first-order chi connectivity index (χ1) is 12.6. The number of hydrogen-bond acceptors (Lipinski definition) is 3. The number of benzene rings is 1. The Morgan fingerprint density at radius 3 is 2.15 bits per heavy atom. The summed E-state index contributed by atoms with van der Waals surface area (Å²) in [5.74, 6) is -0.580. The van der Waals surface area contributed by atoms with Crippen molar-refractivity contribution < 1.29 is 43.2 Å². The van der Waals surface area contributed by atoms with E-state index in [-0.39, 0.29) is 24.0 Å². The third kappa shape index (κ3) is 8.39. The van der Waals surface area contributed by atoms with Crippen LogP contribution in [0.25, 0.3) is 0 Å². The number of esters is 1. The van der Waals surface area contributed by atoms with Gasteiger partial charge in [-0.05, 0) is 25.3 Å². The van der Waals surface area contributed by atoms with E-state index < -0.39 is 11.6 Å². The zero-order valence-corrected chi connectivity index (χ0v) is 18.2. The average molecular weight is 483 g/mol. The maximum Gasteiger partial charge on any atom is 0.342 e. The fourth-order valence-corrected chi connectivity index (χ4v) is 2.87. The molecule has 1 aromatic carbocycles. The van der Waals surface area contributed by atoms with Crippen LogP contribution in [0.1, 0.15) is 51.0 Å². The smallest absolute Gasteiger partial charge is 0.342 e. The Bertz CT molecular complexity index is 647. The van der Waals surface area contributed by atoms with E-state index in [4.69, 9.17) is 4.74 Å².